The van der Waals surface area contributed by atoms with Crippen molar-refractivity contribution in [2.24, 2.45) is 4.99 Å². The Kier molecular flexibility index (Phi) is 8.41. The maximum Gasteiger partial charge on any atom is 0.191 e. The predicted octanol–water partition coefficient (Wildman–Crippen LogP) is 2.81. The molecule has 2 N–H and O–H groups in total. The lowest BCUT2D eigenvalue weighted by molar-refractivity contribution is 0.208. The number of ether oxygens (including phenoxy) is 1. The van der Waals surface area contributed by atoms with Crippen LogP contribution in [-0.4, -0.2) is 45.1 Å². The quantitative estimate of drug-likeness (QED) is 0.496. The highest BCUT2D eigenvalue weighted by Crippen LogP contribution is 2.28. The monoisotopic (exact) mass is 395 g/mol. The van der Waals surface area contributed by atoms with E-state index in [0.29, 0.717) is 31.7 Å². The number of nitrogens with one attached hydrogen (secondary N) is 2. The van der Waals surface area contributed by atoms with Gasteiger partial charge in [0, 0.05) is 24.4 Å². The third-order valence-electron chi connectivity index (χ3n) is 4.72. The lowest BCUT2D eigenvalue weighted by Gasteiger charge is -2.17. The van der Waals surface area contributed by atoms with Crippen molar-refractivity contribution in [1.29, 1.82) is 0 Å². The molecule has 0 aliphatic heterocycles. The summed E-state index contributed by atoms with van der Waals surface area (Å²) in [6.07, 6.45) is 5.01. The number of aliphatic imine (C=N–C) groups is 1. The van der Waals surface area contributed by atoms with Gasteiger partial charge in [0.05, 0.1) is 18.4 Å². The van der Waals surface area contributed by atoms with Gasteiger partial charge in [0.1, 0.15) is 5.75 Å². The van der Waals surface area contributed by atoms with Gasteiger partial charge in [0.25, 0.3) is 0 Å². The van der Waals surface area contributed by atoms with E-state index in [1.807, 2.05) is 6.92 Å². The second-order valence-corrected chi connectivity index (χ2v) is 9.47. The van der Waals surface area contributed by atoms with Crippen LogP contribution < -0.4 is 15.4 Å². The summed E-state index contributed by atoms with van der Waals surface area (Å²) in [5.74, 6) is 1.80. The maximum atomic E-state index is 11.6. The highest BCUT2D eigenvalue weighted by molar-refractivity contribution is 7.91. The summed E-state index contributed by atoms with van der Waals surface area (Å²) in [6.45, 7) is 7.26. The third kappa shape index (κ3) is 7.40. The van der Waals surface area contributed by atoms with Crippen LogP contribution in [-0.2, 0) is 16.4 Å². The van der Waals surface area contributed by atoms with E-state index in [0.717, 1.165) is 24.2 Å². The molecule has 152 valence electrons. The zero-order valence-electron chi connectivity index (χ0n) is 16.8. The first-order valence-corrected chi connectivity index (χ1v) is 11.7. The maximum absolute atomic E-state index is 11.6. The second-order valence-electron chi connectivity index (χ2n) is 6.99. The molecule has 0 saturated heterocycles. The Labute approximate surface area is 163 Å². The Morgan fingerprint density at radius 1 is 1.22 bits per heavy atom. The van der Waals surface area contributed by atoms with Crippen LogP contribution in [0.3, 0.4) is 0 Å². The van der Waals surface area contributed by atoms with Crippen molar-refractivity contribution in [2.75, 3.05) is 24.6 Å². The van der Waals surface area contributed by atoms with Crippen molar-refractivity contribution in [3.05, 3.63) is 29.3 Å². The highest BCUT2D eigenvalue weighted by atomic mass is 32.2. The first-order valence-electron chi connectivity index (χ1n) is 9.92. The lowest BCUT2D eigenvalue weighted by atomic mass is 10.1. The average molecular weight is 396 g/mol. The molecule has 1 aliphatic carbocycles. The number of aryl methyl sites for hydroxylation is 1. The van der Waals surface area contributed by atoms with Crippen molar-refractivity contribution in [3.63, 3.8) is 0 Å². The van der Waals surface area contributed by atoms with Crippen LogP contribution in [0.4, 0.5) is 0 Å². The topological polar surface area (TPSA) is 79.8 Å². The largest absolute Gasteiger partial charge is 0.490 e. The van der Waals surface area contributed by atoms with Gasteiger partial charge in [-0.15, -0.1) is 0 Å². The molecule has 2 rings (SSSR count). The Balaban J connectivity index is 2.03. The van der Waals surface area contributed by atoms with Crippen LogP contribution in [0, 0.1) is 6.92 Å². The van der Waals surface area contributed by atoms with E-state index in [2.05, 4.69) is 40.7 Å². The van der Waals surface area contributed by atoms with Crippen LogP contribution in [0.5, 0.6) is 5.75 Å². The van der Waals surface area contributed by atoms with E-state index in [1.165, 1.54) is 18.4 Å². The number of hydrogen-bond acceptors (Lipinski definition) is 4. The van der Waals surface area contributed by atoms with Crippen LogP contribution in [0.1, 0.15) is 50.7 Å². The van der Waals surface area contributed by atoms with Crippen molar-refractivity contribution >= 4 is 15.8 Å². The Morgan fingerprint density at radius 3 is 2.63 bits per heavy atom. The number of benzene rings is 1. The fraction of sp³-hybridized carbons (Fsp3) is 0.650. The van der Waals surface area contributed by atoms with Crippen molar-refractivity contribution in [2.45, 2.75) is 59.1 Å². The molecule has 1 aliphatic rings. The molecular formula is C20H33N3O3S. The average Bonchev–Trinajstić information content (AvgIpc) is 3.14. The lowest BCUT2D eigenvalue weighted by Crippen LogP contribution is -2.39. The van der Waals surface area contributed by atoms with Crippen molar-refractivity contribution < 1.29 is 13.2 Å². The number of guanidine groups is 1. The first kappa shape index (κ1) is 21.5. The van der Waals surface area contributed by atoms with E-state index in [1.54, 1.807) is 6.92 Å². The zero-order valence-corrected chi connectivity index (χ0v) is 17.6. The molecule has 1 aromatic carbocycles. The zero-order chi connectivity index (χ0) is 19.7. The summed E-state index contributed by atoms with van der Waals surface area (Å²) < 4.78 is 29.5. The minimum Gasteiger partial charge on any atom is -0.490 e. The van der Waals surface area contributed by atoms with E-state index in [9.17, 15) is 8.42 Å². The molecule has 1 aromatic rings. The van der Waals surface area contributed by atoms with Crippen LogP contribution >= 0.6 is 0 Å². The Hall–Kier alpha value is -1.76. The van der Waals surface area contributed by atoms with E-state index >= 15 is 0 Å². The highest BCUT2D eigenvalue weighted by Gasteiger charge is 2.18. The molecule has 0 atom stereocenters. The number of rotatable bonds is 9. The minimum atomic E-state index is -2.99. The van der Waals surface area contributed by atoms with Gasteiger partial charge >= 0.3 is 0 Å². The molecule has 0 aromatic heterocycles. The van der Waals surface area contributed by atoms with Gasteiger partial charge in [-0.1, -0.05) is 19.1 Å². The van der Waals surface area contributed by atoms with Crippen LogP contribution in [0.25, 0.3) is 0 Å². The predicted molar refractivity (Wildman–Crippen MR) is 111 cm³/mol. The van der Waals surface area contributed by atoms with Crippen LogP contribution in [0.15, 0.2) is 23.2 Å². The van der Waals surface area contributed by atoms with Gasteiger partial charge in [0.2, 0.25) is 0 Å². The molecule has 27 heavy (non-hydrogen) atoms. The van der Waals surface area contributed by atoms with Gasteiger partial charge in [-0.3, -0.25) is 0 Å². The summed E-state index contributed by atoms with van der Waals surface area (Å²) in [7, 11) is -2.99. The van der Waals surface area contributed by atoms with Gasteiger partial charge in [0.15, 0.2) is 15.8 Å². The molecule has 0 amide bonds. The van der Waals surface area contributed by atoms with Gasteiger partial charge in [-0.05, 0) is 51.2 Å². The number of nitrogens with zero attached hydrogens (tertiary/aromatic N) is 1. The van der Waals surface area contributed by atoms with E-state index < -0.39 is 9.84 Å². The molecule has 0 spiro atoms. The smallest absolute Gasteiger partial charge is 0.191 e. The molecular weight excluding hydrogens is 362 g/mol. The number of hydrogen-bond donors (Lipinski definition) is 2. The molecule has 0 unspecified atom stereocenters. The summed E-state index contributed by atoms with van der Waals surface area (Å²) in [4.78, 5) is 4.61. The normalized spacial score (nSPS) is 15.7. The Bertz CT molecular complexity index is 726. The summed E-state index contributed by atoms with van der Waals surface area (Å²) in [5, 5.41) is 6.27. The standard InChI is InChI=1S/C20H33N3O3S/c1-4-21-20(22-12-13-27(24,25)5-2)23-15-17-11-10-16(3)14-19(17)26-18-8-6-7-9-18/h10-11,14,18H,4-9,12-13,15H2,1-3H3,(H2,21,22,23). The third-order valence-corrected chi connectivity index (χ3v) is 6.42. The molecule has 7 heteroatoms. The van der Waals surface area contributed by atoms with E-state index in [4.69, 9.17) is 4.74 Å². The molecule has 6 nitrogen and oxygen atoms in total. The molecule has 1 fully saturated rings. The molecule has 0 heterocycles. The van der Waals surface area contributed by atoms with Gasteiger partial charge in [-0.2, -0.15) is 0 Å². The summed E-state index contributed by atoms with van der Waals surface area (Å²) in [6, 6.07) is 6.21. The fourth-order valence-electron chi connectivity index (χ4n) is 3.06. The minimum absolute atomic E-state index is 0.106. The van der Waals surface area contributed by atoms with Gasteiger partial charge in [-0.25, -0.2) is 13.4 Å². The number of sulfone groups is 1. The fourth-order valence-corrected chi connectivity index (χ4v) is 3.76. The van der Waals surface area contributed by atoms with Crippen molar-refractivity contribution in [3.8, 4) is 5.75 Å². The summed E-state index contributed by atoms with van der Waals surface area (Å²) >= 11 is 0. The first-order chi connectivity index (χ1) is 12.9. The van der Waals surface area contributed by atoms with Crippen LogP contribution in [0.2, 0.25) is 0 Å². The molecule has 1 saturated carbocycles. The Morgan fingerprint density at radius 2 is 1.96 bits per heavy atom. The summed E-state index contributed by atoms with van der Waals surface area (Å²) in [5.41, 5.74) is 2.22. The van der Waals surface area contributed by atoms with Gasteiger partial charge < -0.3 is 15.4 Å². The van der Waals surface area contributed by atoms with Crippen molar-refractivity contribution in [1.82, 2.24) is 10.6 Å². The SMILES string of the molecule is CCNC(=NCc1ccc(C)cc1OC1CCCC1)NCCS(=O)(=O)CC. The second kappa shape index (κ2) is 10.5. The molecule has 0 radical (unpaired) electrons. The molecule has 0 bridgehead atoms. The van der Waals surface area contributed by atoms with E-state index in [-0.39, 0.29) is 11.5 Å².